The van der Waals surface area contributed by atoms with Crippen molar-refractivity contribution >= 4 is 21.6 Å². The van der Waals surface area contributed by atoms with Crippen LogP contribution in [0.2, 0.25) is 0 Å². The van der Waals surface area contributed by atoms with Crippen LogP contribution in [0.3, 0.4) is 0 Å². The van der Waals surface area contributed by atoms with Crippen molar-refractivity contribution in [1.82, 2.24) is 0 Å². The molecule has 2 N–H and O–H groups in total. The Morgan fingerprint density at radius 1 is 1.29 bits per heavy atom. The summed E-state index contributed by atoms with van der Waals surface area (Å²) in [5, 5.41) is 13.3. The molecule has 0 aliphatic heterocycles. The number of hydrogen-bond donors (Lipinski definition) is 2. The lowest BCUT2D eigenvalue weighted by Crippen LogP contribution is -2.04. The lowest BCUT2D eigenvalue weighted by molar-refractivity contribution is 0.371. The Labute approximate surface area is 134 Å². The molecule has 21 heavy (non-hydrogen) atoms. The standard InChI is InChI=1S/C17H20BrNO2/c1-4-13-7-5-6-11(2)16(13)19-10-12-8-14(18)17(20)15(9-12)21-3/h5-9,19-20H,4,10H2,1-3H3. The summed E-state index contributed by atoms with van der Waals surface area (Å²) in [5.74, 6) is 0.605. The zero-order valence-electron chi connectivity index (χ0n) is 12.5. The Hall–Kier alpha value is -1.68. The second-order valence-corrected chi connectivity index (χ2v) is 5.80. The monoisotopic (exact) mass is 349 g/mol. The van der Waals surface area contributed by atoms with Gasteiger partial charge in [0.15, 0.2) is 11.5 Å². The van der Waals surface area contributed by atoms with Gasteiger partial charge < -0.3 is 15.2 Å². The number of ether oxygens (including phenoxy) is 1. The number of aromatic hydroxyl groups is 1. The first kappa shape index (κ1) is 15.7. The maximum atomic E-state index is 9.84. The zero-order chi connectivity index (χ0) is 15.4. The van der Waals surface area contributed by atoms with E-state index in [1.54, 1.807) is 7.11 Å². The van der Waals surface area contributed by atoms with E-state index in [0.29, 0.717) is 16.8 Å². The highest BCUT2D eigenvalue weighted by Gasteiger charge is 2.09. The largest absolute Gasteiger partial charge is 0.503 e. The molecule has 112 valence electrons. The van der Waals surface area contributed by atoms with Gasteiger partial charge in [0.1, 0.15) is 0 Å². The first-order valence-corrected chi connectivity index (χ1v) is 7.73. The van der Waals surface area contributed by atoms with Crippen LogP contribution in [0.25, 0.3) is 0 Å². The van der Waals surface area contributed by atoms with Gasteiger partial charge in [-0.2, -0.15) is 0 Å². The number of rotatable bonds is 5. The summed E-state index contributed by atoms with van der Waals surface area (Å²) in [5.41, 5.74) is 4.77. The quantitative estimate of drug-likeness (QED) is 0.825. The summed E-state index contributed by atoms with van der Waals surface area (Å²) in [7, 11) is 1.55. The van der Waals surface area contributed by atoms with E-state index in [1.165, 1.54) is 16.8 Å². The molecule has 2 aromatic rings. The molecule has 0 heterocycles. The minimum atomic E-state index is 0.131. The van der Waals surface area contributed by atoms with Gasteiger partial charge in [0, 0.05) is 12.2 Å². The van der Waals surface area contributed by atoms with E-state index in [-0.39, 0.29) is 5.75 Å². The fourth-order valence-electron chi connectivity index (χ4n) is 2.35. The number of nitrogens with one attached hydrogen (secondary N) is 1. The zero-order valence-corrected chi connectivity index (χ0v) is 14.1. The average Bonchev–Trinajstić information content (AvgIpc) is 2.48. The number of phenols is 1. The summed E-state index contributed by atoms with van der Waals surface area (Å²) in [4.78, 5) is 0. The number of hydrogen-bond acceptors (Lipinski definition) is 3. The molecule has 0 aromatic heterocycles. The molecule has 3 nitrogen and oxygen atoms in total. The second-order valence-electron chi connectivity index (χ2n) is 4.94. The van der Waals surface area contributed by atoms with Crippen LogP contribution in [0.5, 0.6) is 11.5 Å². The Kier molecular flexibility index (Phi) is 5.12. The molecule has 0 saturated carbocycles. The highest BCUT2D eigenvalue weighted by Crippen LogP contribution is 2.35. The van der Waals surface area contributed by atoms with Gasteiger partial charge in [-0.05, 0) is 58.1 Å². The molecule has 2 aromatic carbocycles. The van der Waals surface area contributed by atoms with Gasteiger partial charge in [0.25, 0.3) is 0 Å². The fourth-order valence-corrected chi connectivity index (χ4v) is 2.84. The van der Waals surface area contributed by atoms with Gasteiger partial charge >= 0.3 is 0 Å². The number of anilines is 1. The molecule has 0 unspecified atom stereocenters. The van der Waals surface area contributed by atoms with Crippen LogP contribution in [0.15, 0.2) is 34.8 Å². The Morgan fingerprint density at radius 3 is 2.71 bits per heavy atom. The first-order chi connectivity index (χ1) is 10.1. The van der Waals surface area contributed by atoms with Crippen LogP contribution in [-0.2, 0) is 13.0 Å². The smallest absolute Gasteiger partial charge is 0.172 e. The van der Waals surface area contributed by atoms with Crippen molar-refractivity contribution in [2.75, 3.05) is 12.4 Å². The number of aryl methyl sites for hydroxylation is 2. The topological polar surface area (TPSA) is 41.5 Å². The Morgan fingerprint density at radius 2 is 2.05 bits per heavy atom. The molecule has 0 aliphatic rings. The highest BCUT2D eigenvalue weighted by molar-refractivity contribution is 9.10. The van der Waals surface area contributed by atoms with E-state index in [0.717, 1.165) is 12.0 Å². The molecule has 4 heteroatoms. The van der Waals surface area contributed by atoms with Crippen molar-refractivity contribution in [3.8, 4) is 11.5 Å². The SMILES string of the molecule is CCc1cccc(C)c1NCc1cc(Br)c(O)c(OC)c1. The molecule has 0 fully saturated rings. The molecule has 0 atom stereocenters. The Balaban J connectivity index is 2.23. The van der Waals surface area contributed by atoms with Crippen molar-refractivity contribution in [1.29, 1.82) is 0 Å². The molecule has 0 saturated heterocycles. The van der Waals surface area contributed by atoms with E-state index in [2.05, 4.69) is 53.3 Å². The van der Waals surface area contributed by atoms with E-state index in [9.17, 15) is 5.11 Å². The van der Waals surface area contributed by atoms with Crippen LogP contribution in [0.4, 0.5) is 5.69 Å². The average molecular weight is 350 g/mol. The van der Waals surface area contributed by atoms with Crippen LogP contribution in [0.1, 0.15) is 23.6 Å². The number of methoxy groups -OCH3 is 1. The van der Waals surface area contributed by atoms with Crippen molar-refractivity contribution in [2.45, 2.75) is 26.8 Å². The van der Waals surface area contributed by atoms with E-state index in [1.807, 2.05) is 12.1 Å². The maximum Gasteiger partial charge on any atom is 0.172 e. The van der Waals surface area contributed by atoms with E-state index in [4.69, 9.17) is 4.74 Å². The third-order valence-corrected chi connectivity index (χ3v) is 4.12. The number of benzene rings is 2. The minimum absolute atomic E-state index is 0.131. The predicted octanol–water partition coefficient (Wildman–Crippen LogP) is 4.65. The van der Waals surface area contributed by atoms with Gasteiger partial charge in [-0.25, -0.2) is 0 Å². The predicted molar refractivity (Wildman–Crippen MR) is 90.2 cm³/mol. The van der Waals surface area contributed by atoms with E-state index >= 15 is 0 Å². The minimum Gasteiger partial charge on any atom is -0.503 e. The van der Waals surface area contributed by atoms with Gasteiger partial charge in [0.2, 0.25) is 0 Å². The summed E-state index contributed by atoms with van der Waals surface area (Å²) >= 11 is 3.35. The van der Waals surface area contributed by atoms with Crippen LogP contribution in [0, 0.1) is 6.92 Å². The third-order valence-electron chi connectivity index (χ3n) is 3.52. The normalized spacial score (nSPS) is 10.5. The summed E-state index contributed by atoms with van der Waals surface area (Å²) in [6, 6.07) is 10.1. The molecule has 2 rings (SSSR count). The van der Waals surface area contributed by atoms with Gasteiger partial charge in [-0.3, -0.25) is 0 Å². The fraction of sp³-hybridized carbons (Fsp3) is 0.294. The molecule has 0 bridgehead atoms. The highest BCUT2D eigenvalue weighted by atomic mass is 79.9. The molecular formula is C17H20BrNO2. The second kappa shape index (κ2) is 6.85. The molecule has 0 amide bonds. The lowest BCUT2D eigenvalue weighted by atomic mass is 10.1. The summed E-state index contributed by atoms with van der Waals surface area (Å²) in [6.07, 6.45) is 0.993. The van der Waals surface area contributed by atoms with Crippen molar-refractivity contribution < 1.29 is 9.84 Å². The van der Waals surface area contributed by atoms with E-state index < -0.39 is 0 Å². The number of para-hydroxylation sites is 1. The molecular weight excluding hydrogens is 330 g/mol. The lowest BCUT2D eigenvalue weighted by Gasteiger charge is -2.15. The van der Waals surface area contributed by atoms with Gasteiger partial charge in [0.05, 0.1) is 11.6 Å². The van der Waals surface area contributed by atoms with Crippen LogP contribution < -0.4 is 10.1 Å². The van der Waals surface area contributed by atoms with Crippen LogP contribution in [-0.4, -0.2) is 12.2 Å². The first-order valence-electron chi connectivity index (χ1n) is 6.94. The molecule has 0 radical (unpaired) electrons. The van der Waals surface area contributed by atoms with Crippen LogP contribution >= 0.6 is 15.9 Å². The van der Waals surface area contributed by atoms with Crippen molar-refractivity contribution in [2.24, 2.45) is 0 Å². The molecule has 0 aliphatic carbocycles. The number of phenolic OH excluding ortho intramolecular Hbond substituents is 1. The number of halogens is 1. The van der Waals surface area contributed by atoms with Crippen molar-refractivity contribution in [3.05, 3.63) is 51.5 Å². The maximum absolute atomic E-state index is 9.84. The molecule has 0 spiro atoms. The van der Waals surface area contributed by atoms with Gasteiger partial charge in [-0.1, -0.05) is 25.1 Å². The Bertz CT molecular complexity index is 641. The van der Waals surface area contributed by atoms with Gasteiger partial charge in [-0.15, -0.1) is 0 Å². The summed E-state index contributed by atoms with van der Waals surface area (Å²) in [6.45, 7) is 4.93. The third kappa shape index (κ3) is 3.50. The summed E-state index contributed by atoms with van der Waals surface area (Å²) < 4.78 is 5.82. The van der Waals surface area contributed by atoms with Crippen molar-refractivity contribution in [3.63, 3.8) is 0 Å².